The topological polar surface area (TPSA) is 118 Å². The number of fused-ring (bicyclic) bond motifs is 1. The van der Waals surface area contributed by atoms with Crippen LogP contribution >= 0.6 is 0 Å². The number of methoxy groups -OCH3 is 1. The molecule has 2 aliphatic rings. The maximum absolute atomic E-state index is 13.5. The minimum Gasteiger partial charge on any atom is -0.497 e. The maximum Gasteiger partial charge on any atom is 0.264 e. The molecule has 212 valence electrons. The minimum absolute atomic E-state index is 0.0360. The van der Waals surface area contributed by atoms with Crippen molar-refractivity contribution < 1.29 is 17.9 Å². The number of benzene rings is 2. The van der Waals surface area contributed by atoms with E-state index < -0.39 is 22.0 Å². The van der Waals surface area contributed by atoms with Crippen molar-refractivity contribution in [1.82, 2.24) is 29.9 Å². The van der Waals surface area contributed by atoms with Crippen LogP contribution in [0.4, 0.5) is 0 Å². The number of hydrogen-bond acceptors (Lipinski definition) is 7. The maximum atomic E-state index is 13.5. The Morgan fingerprint density at radius 1 is 1.15 bits per heavy atom. The number of aromatic nitrogens is 3. The van der Waals surface area contributed by atoms with Gasteiger partial charge >= 0.3 is 0 Å². The molecule has 1 amide bonds. The van der Waals surface area contributed by atoms with Gasteiger partial charge in [0.2, 0.25) is 5.91 Å². The Balaban J connectivity index is 1.35. The molecule has 40 heavy (non-hydrogen) atoms. The molecule has 0 fully saturated rings. The van der Waals surface area contributed by atoms with Gasteiger partial charge in [-0.2, -0.15) is 0 Å². The minimum atomic E-state index is -3.99. The molecule has 0 saturated carbocycles. The third-order valence-electron chi connectivity index (χ3n) is 7.28. The number of sulfonamides is 1. The van der Waals surface area contributed by atoms with Crippen molar-refractivity contribution in [2.45, 2.75) is 75.5 Å². The number of rotatable bonds is 8. The molecule has 5 rings (SSSR count). The van der Waals surface area contributed by atoms with E-state index in [2.05, 4.69) is 59.9 Å². The van der Waals surface area contributed by atoms with Crippen molar-refractivity contribution in [1.29, 1.82) is 0 Å². The fraction of sp³-hybridized carbons (Fsp3) is 0.414. The van der Waals surface area contributed by atoms with Crippen molar-refractivity contribution in [3.8, 4) is 5.75 Å². The van der Waals surface area contributed by atoms with Gasteiger partial charge in [-0.1, -0.05) is 23.4 Å². The molecule has 2 N–H and O–H groups in total. The summed E-state index contributed by atoms with van der Waals surface area (Å²) in [6.07, 6.45) is 7.61. The van der Waals surface area contributed by atoms with E-state index in [0.29, 0.717) is 11.4 Å². The van der Waals surface area contributed by atoms with Crippen LogP contribution in [0.5, 0.6) is 5.75 Å². The molecule has 10 nitrogen and oxygen atoms in total. The van der Waals surface area contributed by atoms with E-state index in [4.69, 9.17) is 4.74 Å². The van der Waals surface area contributed by atoms with Crippen molar-refractivity contribution >= 4 is 15.9 Å². The number of aryl methyl sites for hydroxylation is 1. The second-order valence-electron chi connectivity index (χ2n) is 11.3. The molecule has 2 heterocycles. The van der Waals surface area contributed by atoms with E-state index in [1.54, 1.807) is 12.1 Å². The summed E-state index contributed by atoms with van der Waals surface area (Å²) in [4.78, 5) is 12.9. The SMILES string of the molecule is COc1ccc(S(=O)(=O)N2C=CNC(=O)C2Cc2cn([C@@H]3CCCc4cc(CNC(C)(C)C)ccc43)nn2)cc1. The van der Waals surface area contributed by atoms with Gasteiger partial charge in [0.25, 0.3) is 10.0 Å². The fourth-order valence-electron chi connectivity index (χ4n) is 5.16. The van der Waals surface area contributed by atoms with E-state index in [-0.39, 0.29) is 22.9 Å². The number of nitrogens with zero attached hydrogens (tertiary/aromatic N) is 4. The van der Waals surface area contributed by atoms with Gasteiger partial charge < -0.3 is 15.4 Å². The zero-order chi connectivity index (χ0) is 28.5. The zero-order valence-corrected chi connectivity index (χ0v) is 24.1. The summed E-state index contributed by atoms with van der Waals surface area (Å²) in [7, 11) is -2.48. The number of hydrogen-bond donors (Lipinski definition) is 2. The highest BCUT2D eigenvalue weighted by molar-refractivity contribution is 7.89. The quantitative estimate of drug-likeness (QED) is 0.431. The molecule has 1 aliphatic carbocycles. The Kier molecular flexibility index (Phi) is 7.70. The Hall–Kier alpha value is -3.70. The van der Waals surface area contributed by atoms with E-state index in [1.165, 1.54) is 48.3 Å². The van der Waals surface area contributed by atoms with Gasteiger partial charge in [-0.3, -0.25) is 9.10 Å². The van der Waals surface area contributed by atoms with Gasteiger partial charge in [-0.25, -0.2) is 13.1 Å². The summed E-state index contributed by atoms with van der Waals surface area (Å²) < 4.78 is 35.0. The predicted octanol–water partition coefficient (Wildman–Crippen LogP) is 3.30. The van der Waals surface area contributed by atoms with Crippen LogP contribution in [0.25, 0.3) is 0 Å². The fourth-order valence-corrected chi connectivity index (χ4v) is 6.61. The Bertz CT molecular complexity index is 1510. The van der Waals surface area contributed by atoms with E-state index in [0.717, 1.165) is 30.1 Å². The van der Waals surface area contributed by atoms with Crippen molar-refractivity contribution in [2.75, 3.05) is 7.11 Å². The Morgan fingerprint density at radius 3 is 2.65 bits per heavy atom. The first-order chi connectivity index (χ1) is 19.0. The third kappa shape index (κ3) is 5.90. The number of nitrogens with one attached hydrogen (secondary N) is 2. The summed E-state index contributed by atoms with van der Waals surface area (Å²) in [5.74, 6) is 0.120. The molecular weight excluding hydrogens is 528 g/mol. The van der Waals surface area contributed by atoms with Gasteiger partial charge in [0, 0.05) is 37.1 Å². The van der Waals surface area contributed by atoms with E-state index in [1.807, 2.05) is 10.9 Å². The van der Waals surface area contributed by atoms with Crippen LogP contribution in [0.1, 0.15) is 62.0 Å². The summed E-state index contributed by atoms with van der Waals surface area (Å²) in [6, 6.07) is 11.7. The van der Waals surface area contributed by atoms with Crippen LogP contribution in [0.15, 0.2) is 66.0 Å². The molecular formula is C29H36N6O4S. The molecule has 11 heteroatoms. The monoisotopic (exact) mass is 564 g/mol. The van der Waals surface area contributed by atoms with Gasteiger partial charge in [0.1, 0.15) is 11.8 Å². The van der Waals surface area contributed by atoms with Crippen LogP contribution in [0, 0.1) is 0 Å². The van der Waals surface area contributed by atoms with Crippen LogP contribution in [-0.4, -0.2) is 52.3 Å². The first-order valence-electron chi connectivity index (χ1n) is 13.5. The second-order valence-corrected chi connectivity index (χ2v) is 13.1. The molecule has 0 bridgehead atoms. The van der Waals surface area contributed by atoms with Gasteiger partial charge in [-0.15, -0.1) is 5.10 Å². The van der Waals surface area contributed by atoms with E-state index in [9.17, 15) is 13.2 Å². The van der Waals surface area contributed by atoms with Crippen LogP contribution in [0.3, 0.4) is 0 Å². The average Bonchev–Trinajstić information content (AvgIpc) is 3.40. The molecule has 2 aromatic carbocycles. The lowest BCUT2D eigenvalue weighted by atomic mass is 9.86. The average molecular weight is 565 g/mol. The van der Waals surface area contributed by atoms with Crippen LogP contribution in [-0.2, 0) is 34.2 Å². The summed E-state index contributed by atoms with van der Waals surface area (Å²) >= 11 is 0. The first-order valence-corrected chi connectivity index (χ1v) is 14.9. The first kappa shape index (κ1) is 27.9. The largest absolute Gasteiger partial charge is 0.497 e. The van der Waals surface area contributed by atoms with Crippen LogP contribution < -0.4 is 15.4 Å². The number of carbonyl (C=O) groups is 1. The molecule has 1 unspecified atom stereocenters. The molecule has 1 aromatic heterocycles. The number of amides is 1. The van der Waals surface area contributed by atoms with Gasteiger partial charge in [-0.05, 0) is 81.0 Å². The molecule has 3 aromatic rings. The van der Waals surface area contributed by atoms with Gasteiger partial charge in [0.15, 0.2) is 0 Å². The highest BCUT2D eigenvalue weighted by Crippen LogP contribution is 2.33. The summed E-state index contributed by atoms with van der Waals surface area (Å²) in [6.45, 7) is 7.28. The lowest BCUT2D eigenvalue weighted by molar-refractivity contribution is -0.124. The lowest BCUT2D eigenvalue weighted by Gasteiger charge is -2.31. The van der Waals surface area contributed by atoms with Gasteiger partial charge in [0.05, 0.1) is 23.7 Å². The number of carbonyl (C=O) groups excluding carboxylic acids is 1. The summed E-state index contributed by atoms with van der Waals surface area (Å²) in [5, 5.41) is 14.9. The number of ether oxygens (including phenoxy) is 1. The zero-order valence-electron chi connectivity index (χ0n) is 23.3. The summed E-state index contributed by atoms with van der Waals surface area (Å²) in [5.41, 5.74) is 4.38. The third-order valence-corrected chi connectivity index (χ3v) is 9.08. The molecule has 0 spiro atoms. The standard InChI is InChI=1S/C29H36N6O4S/c1-29(2,3)31-18-20-8-13-25-21(16-20)6-5-7-26(25)34-19-22(32-33-34)17-27-28(36)30-14-15-35(27)40(37,38)24-11-9-23(39-4)10-12-24/h8-16,19,26-27,31H,5-7,17-18H2,1-4H3,(H,30,36)/t26-,27?/m1/s1. The predicted molar refractivity (Wildman–Crippen MR) is 151 cm³/mol. The lowest BCUT2D eigenvalue weighted by Crippen LogP contribution is -2.50. The molecule has 0 saturated heterocycles. The highest BCUT2D eigenvalue weighted by atomic mass is 32.2. The van der Waals surface area contributed by atoms with E-state index >= 15 is 0 Å². The molecule has 0 radical (unpaired) electrons. The van der Waals surface area contributed by atoms with Crippen molar-refractivity contribution in [3.05, 3.63) is 83.4 Å². The Labute approximate surface area is 235 Å². The van der Waals surface area contributed by atoms with Crippen molar-refractivity contribution in [2.24, 2.45) is 0 Å². The Morgan fingerprint density at radius 2 is 1.93 bits per heavy atom. The highest BCUT2D eigenvalue weighted by Gasteiger charge is 2.36. The molecule has 2 atom stereocenters. The smallest absolute Gasteiger partial charge is 0.264 e. The van der Waals surface area contributed by atoms with Crippen molar-refractivity contribution in [3.63, 3.8) is 0 Å². The second kappa shape index (κ2) is 11.1. The normalized spacial score (nSPS) is 19.3. The molecule has 1 aliphatic heterocycles. The van der Waals surface area contributed by atoms with Crippen LogP contribution in [0.2, 0.25) is 0 Å².